The molecule has 2 fully saturated rings. The maximum Gasteiger partial charge on any atom is 0.143 e. The molecule has 1 aliphatic heterocycles. The number of likely N-dealkylation sites (tertiary alicyclic amines) is 1. The van der Waals surface area contributed by atoms with Crippen LogP contribution in [0.3, 0.4) is 0 Å². The van der Waals surface area contributed by atoms with Crippen LogP contribution >= 0.6 is 0 Å². The molecule has 0 unspecified atom stereocenters. The third-order valence-corrected chi connectivity index (χ3v) is 3.11. The summed E-state index contributed by atoms with van der Waals surface area (Å²) in [7, 11) is 0. The molecular formula is C14H29N2O2W-. The SMILES string of the molecule is CC.CC(=O)CN1CCC(O)CC1.[NH-]C1CCC1.[W]. The molecule has 114 valence electrons. The van der Waals surface area contributed by atoms with Crippen LogP contribution in [0.4, 0.5) is 0 Å². The van der Waals surface area contributed by atoms with Gasteiger partial charge in [0.05, 0.1) is 12.6 Å². The van der Waals surface area contributed by atoms with Crippen molar-refractivity contribution in [3.05, 3.63) is 5.73 Å². The summed E-state index contributed by atoms with van der Waals surface area (Å²) in [5, 5.41) is 9.15. The summed E-state index contributed by atoms with van der Waals surface area (Å²) in [4.78, 5) is 12.8. The van der Waals surface area contributed by atoms with Gasteiger partial charge in [0.2, 0.25) is 0 Å². The van der Waals surface area contributed by atoms with Gasteiger partial charge in [-0.05, 0) is 19.8 Å². The summed E-state index contributed by atoms with van der Waals surface area (Å²) in [5.41, 5.74) is 6.91. The van der Waals surface area contributed by atoms with Gasteiger partial charge >= 0.3 is 0 Å². The largest absolute Gasteiger partial charge is 0.675 e. The predicted molar refractivity (Wildman–Crippen MR) is 75.7 cm³/mol. The molecule has 1 saturated heterocycles. The van der Waals surface area contributed by atoms with Gasteiger partial charge in [-0.3, -0.25) is 9.69 Å². The first kappa shape index (κ1) is 21.5. The minimum Gasteiger partial charge on any atom is -0.675 e. The predicted octanol–water partition coefficient (Wildman–Crippen LogP) is 2.65. The number of piperidine rings is 1. The van der Waals surface area contributed by atoms with Crippen molar-refractivity contribution in [2.75, 3.05) is 19.6 Å². The number of aliphatic hydroxyl groups excluding tert-OH is 1. The van der Waals surface area contributed by atoms with Crippen molar-refractivity contribution >= 4 is 5.78 Å². The van der Waals surface area contributed by atoms with E-state index in [1.54, 1.807) is 6.92 Å². The standard InChI is InChI=1S/C8H15NO2.C4H8N.C2H6.W/c1-7(10)6-9-4-2-8(11)3-5-9;5-4-2-1-3-4;1-2;/h8,11H,2-6H2,1H3;4-5H,1-3H2;1-2H3;/q;-1;;. The van der Waals surface area contributed by atoms with Gasteiger partial charge in [0.15, 0.2) is 0 Å². The second kappa shape index (κ2) is 13.2. The maximum atomic E-state index is 10.7. The molecule has 2 rings (SSSR count). The summed E-state index contributed by atoms with van der Waals surface area (Å²) in [5.74, 6) is 0.210. The zero-order valence-corrected chi connectivity index (χ0v) is 15.5. The number of hydrogen-bond acceptors (Lipinski definition) is 3. The molecule has 4 nitrogen and oxygen atoms in total. The molecule has 0 bridgehead atoms. The molecule has 0 spiro atoms. The van der Waals surface area contributed by atoms with Gasteiger partial charge in [-0.2, -0.15) is 0 Å². The molecule has 2 aliphatic rings. The monoisotopic (exact) mass is 441 g/mol. The summed E-state index contributed by atoms with van der Waals surface area (Å²) < 4.78 is 0. The van der Waals surface area contributed by atoms with Crippen LogP contribution in [0.5, 0.6) is 0 Å². The van der Waals surface area contributed by atoms with Gasteiger partial charge in [-0.15, -0.1) is 6.04 Å². The quantitative estimate of drug-likeness (QED) is 0.717. The number of aliphatic hydroxyl groups is 1. The third-order valence-electron chi connectivity index (χ3n) is 3.11. The summed E-state index contributed by atoms with van der Waals surface area (Å²) in [6.07, 6.45) is 5.09. The van der Waals surface area contributed by atoms with E-state index in [9.17, 15) is 4.79 Å². The first-order valence-electron chi connectivity index (χ1n) is 7.19. The van der Waals surface area contributed by atoms with Crippen LogP contribution in [0, 0.1) is 0 Å². The van der Waals surface area contributed by atoms with Crippen LogP contribution < -0.4 is 0 Å². The second-order valence-corrected chi connectivity index (χ2v) is 4.84. The number of ketones is 1. The summed E-state index contributed by atoms with van der Waals surface area (Å²) in [6.45, 7) is 7.87. The average Bonchev–Trinajstić information content (AvgIpc) is 2.32. The van der Waals surface area contributed by atoms with Crippen molar-refractivity contribution in [2.24, 2.45) is 0 Å². The van der Waals surface area contributed by atoms with Crippen molar-refractivity contribution in [3.8, 4) is 0 Å². The molecule has 0 aromatic rings. The first-order valence-corrected chi connectivity index (χ1v) is 7.19. The van der Waals surface area contributed by atoms with Crippen molar-refractivity contribution < 1.29 is 31.0 Å². The molecule has 2 N–H and O–H groups in total. The Balaban J connectivity index is 0. The second-order valence-electron chi connectivity index (χ2n) is 4.84. The minimum atomic E-state index is -0.141. The summed E-state index contributed by atoms with van der Waals surface area (Å²) in [6, 6.07) is 0.315. The fraction of sp³-hybridized carbons (Fsp3) is 0.929. The normalized spacial score (nSPS) is 19.8. The van der Waals surface area contributed by atoms with E-state index >= 15 is 0 Å². The van der Waals surface area contributed by atoms with E-state index in [4.69, 9.17) is 10.8 Å². The van der Waals surface area contributed by atoms with Crippen molar-refractivity contribution in [1.82, 2.24) is 4.90 Å². The fourth-order valence-corrected chi connectivity index (χ4v) is 1.80. The third kappa shape index (κ3) is 11.7. The molecule has 5 heteroatoms. The van der Waals surface area contributed by atoms with Gasteiger partial charge in [0.25, 0.3) is 0 Å². The molecule has 0 atom stereocenters. The van der Waals surface area contributed by atoms with Crippen LogP contribution in [0.2, 0.25) is 0 Å². The van der Waals surface area contributed by atoms with Gasteiger partial charge < -0.3 is 10.8 Å². The molecule has 1 saturated carbocycles. The number of nitrogens with one attached hydrogen (secondary N) is 1. The Morgan fingerprint density at radius 3 is 1.89 bits per heavy atom. The Labute approximate surface area is 132 Å². The molecule has 0 radical (unpaired) electrons. The van der Waals surface area contributed by atoms with Crippen LogP contribution in [-0.2, 0) is 25.9 Å². The number of carbonyl (C=O) groups is 1. The van der Waals surface area contributed by atoms with Crippen molar-refractivity contribution in [3.63, 3.8) is 0 Å². The molecule has 1 aliphatic carbocycles. The van der Waals surface area contributed by atoms with E-state index in [1.165, 1.54) is 6.42 Å². The molecule has 0 aromatic carbocycles. The Morgan fingerprint density at radius 1 is 1.21 bits per heavy atom. The molecule has 1 heterocycles. The van der Waals surface area contributed by atoms with E-state index in [0.717, 1.165) is 38.8 Å². The Morgan fingerprint density at radius 2 is 1.63 bits per heavy atom. The number of rotatable bonds is 2. The number of hydrogen-bond donors (Lipinski definition) is 1. The van der Waals surface area contributed by atoms with Gasteiger partial charge in [0, 0.05) is 34.2 Å². The van der Waals surface area contributed by atoms with Crippen LogP contribution in [-0.4, -0.2) is 47.6 Å². The molecule has 0 aromatic heterocycles. The Bertz CT molecular complexity index is 215. The van der Waals surface area contributed by atoms with Gasteiger partial charge in [0.1, 0.15) is 5.78 Å². The average molecular weight is 441 g/mol. The van der Waals surface area contributed by atoms with Crippen LogP contribution in [0.1, 0.15) is 52.9 Å². The molecule has 19 heavy (non-hydrogen) atoms. The van der Waals surface area contributed by atoms with E-state index in [2.05, 4.69) is 4.90 Å². The van der Waals surface area contributed by atoms with Gasteiger partial charge in [-0.1, -0.05) is 33.1 Å². The van der Waals surface area contributed by atoms with Gasteiger partial charge in [-0.25, -0.2) is 0 Å². The zero-order chi connectivity index (χ0) is 14.0. The minimum absolute atomic E-state index is 0. The van der Waals surface area contributed by atoms with Crippen LogP contribution in [0.25, 0.3) is 5.73 Å². The van der Waals surface area contributed by atoms with E-state index in [-0.39, 0.29) is 33.0 Å². The first-order chi connectivity index (χ1) is 8.58. The van der Waals surface area contributed by atoms with E-state index in [0.29, 0.717) is 12.6 Å². The summed E-state index contributed by atoms with van der Waals surface area (Å²) >= 11 is 0. The molecular weight excluding hydrogens is 412 g/mol. The Hall–Kier alpha value is 0.238. The topological polar surface area (TPSA) is 64.3 Å². The van der Waals surface area contributed by atoms with Crippen molar-refractivity contribution in [2.45, 2.75) is 65.0 Å². The number of Topliss-reactive ketones (excluding diaryl/α,β-unsaturated/α-hetero) is 1. The van der Waals surface area contributed by atoms with E-state index in [1.807, 2.05) is 13.8 Å². The Kier molecular flexibility index (Phi) is 15.0. The maximum absolute atomic E-state index is 10.7. The smallest absolute Gasteiger partial charge is 0.143 e. The number of nitrogens with zero attached hydrogens (tertiary/aromatic N) is 1. The zero-order valence-electron chi connectivity index (χ0n) is 12.5. The van der Waals surface area contributed by atoms with Crippen molar-refractivity contribution in [1.29, 1.82) is 0 Å². The number of carbonyl (C=O) groups excluding carboxylic acids is 1. The fourth-order valence-electron chi connectivity index (χ4n) is 1.80. The van der Waals surface area contributed by atoms with Crippen LogP contribution in [0.15, 0.2) is 0 Å². The molecule has 0 amide bonds. The van der Waals surface area contributed by atoms with E-state index < -0.39 is 0 Å².